The number of nitrogens with two attached hydrogens (primary N) is 1. The SMILES string of the molecule is CCN1CCN(c2ccc(C(=N)N)c(C)c2)CC1. The molecule has 0 amide bonds. The Hall–Kier alpha value is -1.55. The molecule has 0 atom stereocenters. The summed E-state index contributed by atoms with van der Waals surface area (Å²) >= 11 is 0. The average molecular weight is 246 g/mol. The number of aryl methyl sites for hydroxylation is 1. The monoisotopic (exact) mass is 246 g/mol. The molecule has 0 spiro atoms. The van der Waals surface area contributed by atoms with Crippen LogP contribution in [0.1, 0.15) is 18.1 Å². The first-order valence-electron chi connectivity index (χ1n) is 6.54. The van der Waals surface area contributed by atoms with Crippen LogP contribution in [-0.2, 0) is 0 Å². The van der Waals surface area contributed by atoms with Crippen LogP contribution in [0.4, 0.5) is 5.69 Å². The molecule has 0 aromatic heterocycles. The summed E-state index contributed by atoms with van der Waals surface area (Å²) in [5, 5.41) is 7.50. The highest BCUT2D eigenvalue weighted by Crippen LogP contribution is 2.20. The van der Waals surface area contributed by atoms with Crippen LogP contribution in [0.5, 0.6) is 0 Å². The van der Waals surface area contributed by atoms with Gasteiger partial charge in [-0.15, -0.1) is 0 Å². The van der Waals surface area contributed by atoms with Crippen molar-refractivity contribution in [1.29, 1.82) is 5.41 Å². The second kappa shape index (κ2) is 5.40. The minimum Gasteiger partial charge on any atom is -0.384 e. The van der Waals surface area contributed by atoms with Crippen molar-refractivity contribution < 1.29 is 0 Å². The van der Waals surface area contributed by atoms with Crippen LogP contribution in [0.2, 0.25) is 0 Å². The van der Waals surface area contributed by atoms with E-state index in [4.69, 9.17) is 11.1 Å². The highest BCUT2D eigenvalue weighted by atomic mass is 15.3. The predicted molar refractivity (Wildman–Crippen MR) is 76.5 cm³/mol. The number of likely N-dealkylation sites (N-methyl/N-ethyl adjacent to an activating group) is 1. The van der Waals surface area contributed by atoms with Gasteiger partial charge >= 0.3 is 0 Å². The van der Waals surface area contributed by atoms with Gasteiger partial charge in [0.1, 0.15) is 5.84 Å². The van der Waals surface area contributed by atoms with Gasteiger partial charge in [-0.25, -0.2) is 0 Å². The standard InChI is InChI=1S/C14H22N4/c1-3-17-6-8-18(9-7-17)12-4-5-13(14(15)16)11(2)10-12/h4-5,10H,3,6-9H2,1-2H3,(H3,15,16). The summed E-state index contributed by atoms with van der Waals surface area (Å²) in [6.45, 7) is 9.77. The molecule has 1 heterocycles. The van der Waals surface area contributed by atoms with E-state index in [1.807, 2.05) is 13.0 Å². The van der Waals surface area contributed by atoms with Gasteiger partial charge in [-0.3, -0.25) is 5.41 Å². The lowest BCUT2D eigenvalue weighted by molar-refractivity contribution is 0.271. The molecule has 1 aliphatic rings. The highest BCUT2D eigenvalue weighted by molar-refractivity contribution is 5.96. The average Bonchev–Trinajstić information content (AvgIpc) is 2.38. The Bertz CT molecular complexity index is 433. The van der Waals surface area contributed by atoms with Gasteiger partial charge in [-0.2, -0.15) is 0 Å². The van der Waals surface area contributed by atoms with Gasteiger partial charge in [-0.05, 0) is 37.2 Å². The minimum atomic E-state index is 0.148. The van der Waals surface area contributed by atoms with Crippen molar-refractivity contribution in [2.45, 2.75) is 13.8 Å². The van der Waals surface area contributed by atoms with Crippen LogP contribution < -0.4 is 10.6 Å². The molecule has 1 aliphatic heterocycles. The van der Waals surface area contributed by atoms with Crippen molar-refractivity contribution in [1.82, 2.24) is 4.90 Å². The maximum absolute atomic E-state index is 7.50. The van der Waals surface area contributed by atoms with Gasteiger partial charge in [0.15, 0.2) is 0 Å². The summed E-state index contributed by atoms with van der Waals surface area (Å²) in [5.41, 5.74) is 8.71. The quantitative estimate of drug-likeness (QED) is 0.626. The number of nitrogen functional groups attached to an aromatic ring is 1. The van der Waals surface area contributed by atoms with E-state index in [1.165, 1.54) is 5.69 Å². The number of anilines is 1. The lowest BCUT2D eigenvalue weighted by Crippen LogP contribution is -2.46. The van der Waals surface area contributed by atoms with E-state index in [9.17, 15) is 0 Å². The Morgan fingerprint density at radius 1 is 1.28 bits per heavy atom. The van der Waals surface area contributed by atoms with Gasteiger partial charge in [0.05, 0.1) is 0 Å². The van der Waals surface area contributed by atoms with E-state index in [1.54, 1.807) is 0 Å². The minimum absolute atomic E-state index is 0.148. The number of nitrogens with one attached hydrogen (secondary N) is 1. The Morgan fingerprint density at radius 2 is 1.94 bits per heavy atom. The van der Waals surface area contributed by atoms with Crippen molar-refractivity contribution in [2.24, 2.45) is 5.73 Å². The molecule has 4 nitrogen and oxygen atoms in total. The molecule has 4 heteroatoms. The number of piperazine rings is 1. The zero-order chi connectivity index (χ0) is 13.1. The zero-order valence-electron chi connectivity index (χ0n) is 11.2. The zero-order valence-corrected chi connectivity index (χ0v) is 11.2. The molecule has 98 valence electrons. The Balaban J connectivity index is 2.11. The predicted octanol–water partition coefficient (Wildman–Crippen LogP) is 1.42. The van der Waals surface area contributed by atoms with Gasteiger partial charge in [0, 0.05) is 37.4 Å². The Kier molecular flexibility index (Phi) is 3.87. The summed E-state index contributed by atoms with van der Waals surface area (Å²) in [5.74, 6) is 0.148. The van der Waals surface area contributed by atoms with Gasteiger partial charge < -0.3 is 15.5 Å². The van der Waals surface area contributed by atoms with E-state index in [2.05, 4.69) is 28.9 Å². The molecule has 0 bridgehead atoms. The molecule has 1 saturated heterocycles. The number of hydrogen-bond acceptors (Lipinski definition) is 3. The Morgan fingerprint density at radius 3 is 2.44 bits per heavy atom. The Labute approximate surface area is 109 Å². The smallest absolute Gasteiger partial charge is 0.123 e. The summed E-state index contributed by atoms with van der Waals surface area (Å²) in [4.78, 5) is 4.87. The fraction of sp³-hybridized carbons (Fsp3) is 0.500. The first-order valence-corrected chi connectivity index (χ1v) is 6.54. The molecule has 0 unspecified atom stereocenters. The molecule has 1 aromatic carbocycles. The lowest BCUT2D eigenvalue weighted by atomic mass is 10.1. The maximum Gasteiger partial charge on any atom is 0.123 e. The number of nitrogens with zero attached hydrogens (tertiary/aromatic N) is 2. The summed E-state index contributed by atoms with van der Waals surface area (Å²) in [7, 11) is 0. The van der Waals surface area contributed by atoms with E-state index in [0.717, 1.165) is 43.9 Å². The second-order valence-corrected chi connectivity index (χ2v) is 4.83. The number of rotatable bonds is 3. The van der Waals surface area contributed by atoms with E-state index in [-0.39, 0.29) is 5.84 Å². The molecule has 0 radical (unpaired) electrons. The normalized spacial score (nSPS) is 16.9. The van der Waals surface area contributed by atoms with Crippen LogP contribution in [0, 0.1) is 12.3 Å². The molecular formula is C14H22N4. The molecular weight excluding hydrogens is 224 g/mol. The third-order valence-electron chi connectivity index (χ3n) is 3.68. The number of hydrogen-bond donors (Lipinski definition) is 2. The van der Waals surface area contributed by atoms with Crippen molar-refractivity contribution in [2.75, 3.05) is 37.6 Å². The third kappa shape index (κ3) is 2.64. The molecule has 0 aliphatic carbocycles. The van der Waals surface area contributed by atoms with Crippen molar-refractivity contribution in [3.8, 4) is 0 Å². The van der Waals surface area contributed by atoms with Crippen LogP contribution >= 0.6 is 0 Å². The van der Waals surface area contributed by atoms with Gasteiger partial charge in [0.25, 0.3) is 0 Å². The molecule has 0 saturated carbocycles. The molecule has 1 fully saturated rings. The van der Waals surface area contributed by atoms with Crippen LogP contribution in [0.15, 0.2) is 18.2 Å². The van der Waals surface area contributed by atoms with Crippen molar-refractivity contribution in [3.05, 3.63) is 29.3 Å². The first-order chi connectivity index (χ1) is 8.61. The number of benzene rings is 1. The van der Waals surface area contributed by atoms with E-state index < -0.39 is 0 Å². The van der Waals surface area contributed by atoms with Crippen LogP contribution in [0.3, 0.4) is 0 Å². The van der Waals surface area contributed by atoms with Crippen molar-refractivity contribution >= 4 is 11.5 Å². The summed E-state index contributed by atoms with van der Waals surface area (Å²) < 4.78 is 0. The maximum atomic E-state index is 7.50. The number of amidine groups is 1. The summed E-state index contributed by atoms with van der Waals surface area (Å²) in [6.07, 6.45) is 0. The fourth-order valence-electron chi connectivity index (χ4n) is 2.47. The third-order valence-corrected chi connectivity index (χ3v) is 3.68. The van der Waals surface area contributed by atoms with E-state index in [0.29, 0.717) is 0 Å². The lowest BCUT2D eigenvalue weighted by Gasteiger charge is -2.35. The second-order valence-electron chi connectivity index (χ2n) is 4.83. The van der Waals surface area contributed by atoms with Gasteiger partial charge in [0.2, 0.25) is 0 Å². The topological polar surface area (TPSA) is 56.4 Å². The molecule has 2 rings (SSSR count). The van der Waals surface area contributed by atoms with Crippen molar-refractivity contribution in [3.63, 3.8) is 0 Å². The van der Waals surface area contributed by atoms with E-state index >= 15 is 0 Å². The molecule has 18 heavy (non-hydrogen) atoms. The molecule has 3 N–H and O–H groups in total. The largest absolute Gasteiger partial charge is 0.384 e. The highest BCUT2D eigenvalue weighted by Gasteiger charge is 2.16. The molecule has 1 aromatic rings. The summed E-state index contributed by atoms with van der Waals surface area (Å²) in [6, 6.07) is 6.17. The van der Waals surface area contributed by atoms with Crippen LogP contribution in [0.25, 0.3) is 0 Å². The van der Waals surface area contributed by atoms with Crippen LogP contribution in [-0.4, -0.2) is 43.5 Å². The van der Waals surface area contributed by atoms with Gasteiger partial charge in [-0.1, -0.05) is 6.92 Å². The first kappa shape index (κ1) is 12.9. The fourth-order valence-corrected chi connectivity index (χ4v) is 2.47.